The third-order valence-electron chi connectivity index (χ3n) is 7.30. The lowest BCUT2D eigenvalue weighted by Gasteiger charge is -2.38. The zero-order valence-corrected chi connectivity index (χ0v) is 15.2. The van der Waals surface area contributed by atoms with E-state index in [0.717, 1.165) is 19.3 Å². The molecule has 0 amide bonds. The van der Waals surface area contributed by atoms with Gasteiger partial charge in [0.15, 0.2) is 0 Å². The first-order valence-corrected chi connectivity index (χ1v) is 9.87. The summed E-state index contributed by atoms with van der Waals surface area (Å²) >= 11 is 0. The molecule has 2 aromatic carbocycles. The molecule has 1 heteroatoms. The Morgan fingerprint density at radius 2 is 2.08 bits per heavy atom. The second-order valence-corrected chi connectivity index (χ2v) is 8.62. The van der Waals surface area contributed by atoms with Gasteiger partial charge in [0, 0.05) is 11.8 Å². The van der Waals surface area contributed by atoms with Crippen molar-refractivity contribution < 1.29 is 4.79 Å². The summed E-state index contributed by atoms with van der Waals surface area (Å²) in [6.07, 6.45) is 9.72. The summed E-state index contributed by atoms with van der Waals surface area (Å²) in [7, 11) is 0. The van der Waals surface area contributed by atoms with Crippen LogP contribution in [0.1, 0.15) is 55.7 Å². The molecule has 0 saturated heterocycles. The quantitative estimate of drug-likeness (QED) is 0.655. The normalized spacial score (nSPS) is 31.0. The third-order valence-corrected chi connectivity index (χ3v) is 7.30. The minimum absolute atomic E-state index is 0.0919. The lowest BCUT2D eigenvalue weighted by atomic mass is 9.63. The lowest BCUT2D eigenvalue weighted by Crippen LogP contribution is -2.41. The molecule has 128 valence electrons. The summed E-state index contributed by atoms with van der Waals surface area (Å²) in [6.45, 7) is 4.58. The summed E-state index contributed by atoms with van der Waals surface area (Å²) in [4.78, 5) is 13.1. The molecule has 1 saturated carbocycles. The van der Waals surface area contributed by atoms with Gasteiger partial charge in [0.1, 0.15) is 5.78 Å². The van der Waals surface area contributed by atoms with Gasteiger partial charge in [-0.1, -0.05) is 56.3 Å². The highest BCUT2D eigenvalue weighted by Crippen LogP contribution is 2.56. The number of fused-ring (bicyclic) bond motifs is 5. The molecule has 2 aromatic rings. The topological polar surface area (TPSA) is 17.1 Å². The van der Waals surface area contributed by atoms with Crippen LogP contribution in [0.2, 0.25) is 0 Å². The first-order chi connectivity index (χ1) is 12.1. The van der Waals surface area contributed by atoms with Gasteiger partial charge in [-0.15, -0.1) is 0 Å². The maximum absolute atomic E-state index is 13.1. The Morgan fingerprint density at radius 1 is 1.20 bits per heavy atom. The summed E-state index contributed by atoms with van der Waals surface area (Å²) in [5, 5.41) is 2.70. The average molecular weight is 330 g/mol. The van der Waals surface area contributed by atoms with E-state index in [9.17, 15) is 4.79 Å². The van der Waals surface area contributed by atoms with Crippen molar-refractivity contribution in [1.29, 1.82) is 0 Å². The number of rotatable bonds is 2. The zero-order valence-electron chi connectivity index (χ0n) is 15.2. The highest BCUT2D eigenvalue weighted by atomic mass is 16.1. The molecular formula is C24H26O. The number of carbonyl (C=O) groups excluding carboxylic acids is 1. The van der Waals surface area contributed by atoms with Gasteiger partial charge in [-0.05, 0) is 70.9 Å². The van der Waals surface area contributed by atoms with Gasteiger partial charge in [0.2, 0.25) is 0 Å². The molecule has 3 aliphatic rings. The van der Waals surface area contributed by atoms with E-state index in [1.165, 1.54) is 33.9 Å². The molecule has 0 N–H and O–H groups in total. The summed E-state index contributed by atoms with van der Waals surface area (Å²) in [6, 6.07) is 11.4. The van der Waals surface area contributed by atoms with Gasteiger partial charge < -0.3 is 0 Å². The Kier molecular flexibility index (Phi) is 3.26. The van der Waals surface area contributed by atoms with Gasteiger partial charge in [-0.25, -0.2) is 0 Å². The molecule has 4 unspecified atom stereocenters. The van der Waals surface area contributed by atoms with Crippen LogP contribution in [0.25, 0.3) is 10.8 Å². The molecular weight excluding hydrogens is 304 g/mol. The fraction of sp³-hybridized carbons (Fsp3) is 0.458. The number of hydrogen-bond acceptors (Lipinski definition) is 1. The maximum Gasteiger partial charge on any atom is 0.144 e. The summed E-state index contributed by atoms with van der Waals surface area (Å²) < 4.78 is 0. The van der Waals surface area contributed by atoms with Crippen molar-refractivity contribution in [3.8, 4) is 0 Å². The Bertz CT molecular complexity index is 906. The van der Waals surface area contributed by atoms with Crippen LogP contribution >= 0.6 is 0 Å². The van der Waals surface area contributed by atoms with Crippen molar-refractivity contribution in [2.75, 3.05) is 0 Å². The Balaban J connectivity index is 1.64. The van der Waals surface area contributed by atoms with Crippen molar-refractivity contribution in [1.82, 2.24) is 0 Å². The van der Waals surface area contributed by atoms with Crippen molar-refractivity contribution in [2.24, 2.45) is 17.3 Å². The second kappa shape index (κ2) is 5.30. The van der Waals surface area contributed by atoms with E-state index in [1.54, 1.807) is 0 Å². The van der Waals surface area contributed by atoms with Crippen LogP contribution in [0.4, 0.5) is 0 Å². The predicted octanol–water partition coefficient (Wildman–Crippen LogP) is 5.60. The molecule has 0 heterocycles. The molecule has 5 rings (SSSR count). The fourth-order valence-corrected chi connectivity index (χ4v) is 5.69. The second-order valence-electron chi connectivity index (χ2n) is 8.62. The van der Waals surface area contributed by atoms with Gasteiger partial charge in [-0.2, -0.15) is 0 Å². The van der Waals surface area contributed by atoms with Crippen LogP contribution in [-0.2, 0) is 17.6 Å². The maximum atomic E-state index is 13.1. The van der Waals surface area contributed by atoms with E-state index in [-0.39, 0.29) is 5.41 Å². The number of Topliss-reactive ketones (excluding diaryl/α,β-unsaturated/α-hetero) is 1. The highest BCUT2D eigenvalue weighted by molar-refractivity contribution is 5.94. The third kappa shape index (κ3) is 2.11. The molecule has 3 aliphatic carbocycles. The molecule has 4 atom stereocenters. The molecule has 0 aliphatic heterocycles. The van der Waals surface area contributed by atoms with Crippen LogP contribution in [0, 0.1) is 17.3 Å². The van der Waals surface area contributed by atoms with E-state index in [2.05, 4.69) is 56.3 Å². The lowest BCUT2D eigenvalue weighted by molar-refractivity contribution is -0.130. The first-order valence-electron chi connectivity index (χ1n) is 9.87. The standard InChI is InChI=1S/C24H26O/c1-3-15(2)21-6-4-5-17-10-18-12-23(25)24(14-19(18)11-22(17)21)13-16-7-8-20(24)9-16/h4-8,10-11,15-16,20H,3,9,12-14H2,1-2H3. The van der Waals surface area contributed by atoms with Gasteiger partial charge >= 0.3 is 0 Å². The molecule has 0 aromatic heterocycles. The SMILES string of the molecule is CCC(C)c1cccc2cc3c(cc12)CC1(CC2C=CC1C2)C(=O)C3. The van der Waals surface area contributed by atoms with Gasteiger partial charge in [-0.3, -0.25) is 4.79 Å². The first kappa shape index (κ1) is 15.4. The predicted molar refractivity (Wildman–Crippen MR) is 103 cm³/mol. The Hall–Kier alpha value is -1.89. The van der Waals surface area contributed by atoms with Crippen LogP contribution in [0.5, 0.6) is 0 Å². The van der Waals surface area contributed by atoms with Gasteiger partial charge in [0.25, 0.3) is 0 Å². The molecule has 1 nitrogen and oxygen atoms in total. The number of benzene rings is 2. The van der Waals surface area contributed by atoms with Gasteiger partial charge in [0.05, 0.1) is 0 Å². The number of hydrogen-bond donors (Lipinski definition) is 0. The van der Waals surface area contributed by atoms with Crippen LogP contribution in [-0.4, -0.2) is 5.78 Å². The minimum atomic E-state index is -0.0919. The van der Waals surface area contributed by atoms with Crippen LogP contribution < -0.4 is 0 Å². The van der Waals surface area contributed by atoms with E-state index in [1.807, 2.05) is 0 Å². The molecule has 25 heavy (non-hydrogen) atoms. The Labute approximate surface area is 150 Å². The largest absolute Gasteiger partial charge is 0.299 e. The van der Waals surface area contributed by atoms with Crippen LogP contribution in [0.15, 0.2) is 42.5 Å². The molecule has 1 spiro atoms. The highest BCUT2D eigenvalue weighted by Gasteiger charge is 2.54. The number of carbonyl (C=O) groups is 1. The average Bonchev–Trinajstić information content (AvgIpc) is 3.22. The molecule has 1 fully saturated rings. The van der Waals surface area contributed by atoms with E-state index in [4.69, 9.17) is 0 Å². The molecule has 2 bridgehead atoms. The van der Waals surface area contributed by atoms with E-state index in [0.29, 0.717) is 30.0 Å². The zero-order chi connectivity index (χ0) is 17.2. The number of allylic oxidation sites excluding steroid dienone is 2. The Morgan fingerprint density at radius 3 is 2.80 bits per heavy atom. The van der Waals surface area contributed by atoms with E-state index < -0.39 is 0 Å². The summed E-state index contributed by atoms with van der Waals surface area (Å²) in [5.74, 6) is 2.20. The van der Waals surface area contributed by atoms with Crippen molar-refractivity contribution in [2.45, 2.75) is 51.9 Å². The van der Waals surface area contributed by atoms with Crippen LogP contribution in [0.3, 0.4) is 0 Å². The van der Waals surface area contributed by atoms with Crippen molar-refractivity contribution >= 4 is 16.6 Å². The van der Waals surface area contributed by atoms with Crippen molar-refractivity contribution in [3.63, 3.8) is 0 Å². The summed E-state index contributed by atoms with van der Waals surface area (Å²) in [5.41, 5.74) is 4.08. The smallest absolute Gasteiger partial charge is 0.144 e. The van der Waals surface area contributed by atoms with E-state index >= 15 is 0 Å². The number of ketones is 1. The molecule has 0 radical (unpaired) electrons. The fourth-order valence-electron chi connectivity index (χ4n) is 5.69. The van der Waals surface area contributed by atoms with Crippen molar-refractivity contribution in [3.05, 3.63) is 59.2 Å². The minimum Gasteiger partial charge on any atom is -0.299 e. The monoisotopic (exact) mass is 330 g/mol.